The monoisotopic (exact) mass is 517 g/mol. The summed E-state index contributed by atoms with van der Waals surface area (Å²) in [6, 6.07) is 9.72. The molecule has 0 radical (unpaired) electrons. The molecular formula is C22H20BrN3O3S2. The minimum Gasteiger partial charge on any atom is -0.496 e. The summed E-state index contributed by atoms with van der Waals surface area (Å²) < 4.78 is 6.30. The second-order valence-corrected chi connectivity index (χ2v) is 10.2. The van der Waals surface area contributed by atoms with Gasteiger partial charge in [0.2, 0.25) is 5.91 Å². The predicted molar refractivity (Wildman–Crippen MR) is 129 cm³/mol. The van der Waals surface area contributed by atoms with Crippen LogP contribution in [0.25, 0.3) is 20.7 Å². The molecule has 3 aromatic heterocycles. The average Bonchev–Trinajstić information content (AvgIpc) is 3.34. The normalized spacial score (nSPS) is 11.1. The van der Waals surface area contributed by atoms with Crippen LogP contribution < -0.4 is 10.3 Å². The number of H-pyrrole nitrogens is 1. The number of methoxy groups -OCH3 is 1. The highest BCUT2D eigenvalue weighted by Gasteiger charge is 2.18. The van der Waals surface area contributed by atoms with Gasteiger partial charge in [-0.1, -0.05) is 15.9 Å². The molecule has 31 heavy (non-hydrogen) atoms. The molecule has 1 N–H and O–H groups in total. The van der Waals surface area contributed by atoms with Gasteiger partial charge in [0, 0.05) is 44.3 Å². The number of amides is 1. The first-order chi connectivity index (χ1) is 14.9. The molecule has 9 heteroatoms. The van der Waals surface area contributed by atoms with Crippen molar-refractivity contribution in [2.24, 2.45) is 0 Å². The molecule has 0 saturated heterocycles. The van der Waals surface area contributed by atoms with Gasteiger partial charge in [-0.2, -0.15) is 0 Å². The number of halogens is 1. The first-order valence-electron chi connectivity index (χ1n) is 9.49. The number of hydrogen-bond acceptors (Lipinski definition) is 6. The van der Waals surface area contributed by atoms with Gasteiger partial charge in [0.05, 0.1) is 18.9 Å². The van der Waals surface area contributed by atoms with Crippen molar-refractivity contribution in [1.29, 1.82) is 0 Å². The van der Waals surface area contributed by atoms with Gasteiger partial charge in [-0.15, -0.1) is 22.7 Å². The van der Waals surface area contributed by atoms with E-state index in [1.165, 1.54) is 16.2 Å². The Labute approximate surface area is 195 Å². The molecule has 6 nitrogen and oxygen atoms in total. The molecule has 0 aliphatic rings. The Morgan fingerprint density at radius 1 is 1.29 bits per heavy atom. The molecule has 0 unspecified atom stereocenters. The zero-order valence-electron chi connectivity index (χ0n) is 17.2. The number of carbonyl (C=O) groups is 1. The number of fused-ring (bicyclic) bond motifs is 1. The first kappa shape index (κ1) is 21.7. The van der Waals surface area contributed by atoms with Crippen molar-refractivity contribution < 1.29 is 9.53 Å². The molecule has 1 aromatic carbocycles. The number of likely N-dealkylation sites (N-methyl/N-ethyl adjacent to an activating group) is 1. The Balaban J connectivity index is 1.55. The number of benzene rings is 1. The van der Waals surface area contributed by atoms with E-state index in [-0.39, 0.29) is 17.9 Å². The Bertz CT molecular complexity index is 1330. The van der Waals surface area contributed by atoms with Crippen molar-refractivity contribution in [2.75, 3.05) is 14.2 Å². The van der Waals surface area contributed by atoms with Crippen molar-refractivity contribution in [3.8, 4) is 16.2 Å². The molecule has 4 rings (SSSR count). The lowest BCUT2D eigenvalue weighted by molar-refractivity contribution is -0.129. The SMILES string of the molecule is COc1ccc(Br)cc1CN(C)C(=O)Cc1nc2scc(-c3ccc(C)s3)c2c(=O)[nH]1. The van der Waals surface area contributed by atoms with Gasteiger partial charge in [-0.25, -0.2) is 4.98 Å². The third kappa shape index (κ3) is 4.58. The van der Waals surface area contributed by atoms with Crippen LogP contribution in [0.2, 0.25) is 0 Å². The third-order valence-corrected chi connectivity index (χ3v) is 7.29. The highest BCUT2D eigenvalue weighted by atomic mass is 79.9. The number of nitrogens with one attached hydrogen (secondary N) is 1. The van der Waals surface area contributed by atoms with E-state index in [0.29, 0.717) is 28.3 Å². The van der Waals surface area contributed by atoms with Crippen molar-refractivity contribution in [2.45, 2.75) is 19.9 Å². The fourth-order valence-electron chi connectivity index (χ4n) is 3.33. The van der Waals surface area contributed by atoms with Crippen molar-refractivity contribution >= 4 is 54.7 Å². The molecule has 0 fully saturated rings. The van der Waals surface area contributed by atoms with Gasteiger partial charge in [-0.3, -0.25) is 9.59 Å². The maximum atomic E-state index is 12.8. The van der Waals surface area contributed by atoms with Crippen LogP contribution in [0.15, 0.2) is 45.0 Å². The first-order valence-corrected chi connectivity index (χ1v) is 12.0. The summed E-state index contributed by atoms with van der Waals surface area (Å²) in [5, 5.41) is 2.53. The lowest BCUT2D eigenvalue weighted by Gasteiger charge is -2.19. The largest absolute Gasteiger partial charge is 0.496 e. The van der Waals surface area contributed by atoms with Gasteiger partial charge in [0.1, 0.15) is 16.4 Å². The zero-order chi connectivity index (χ0) is 22.1. The predicted octanol–water partition coefficient (Wildman–Crippen LogP) is 4.99. The van der Waals surface area contributed by atoms with E-state index in [2.05, 4.69) is 25.9 Å². The number of carbonyl (C=O) groups excluding carboxylic acids is 1. The maximum Gasteiger partial charge on any atom is 0.260 e. The minimum absolute atomic E-state index is 0.0172. The van der Waals surface area contributed by atoms with Crippen molar-refractivity contribution in [3.63, 3.8) is 0 Å². The van der Waals surface area contributed by atoms with Crippen LogP contribution in [0.3, 0.4) is 0 Å². The summed E-state index contributed by atoms with van der Waals surface area (Å²) >= 11 is 6.51. The average molecular weight is 518 g/mol. The van der Waals surface area contributed by atoms with Crippen LogP contribution in [0.5, 0.6) is 5.75 Å². The molecule has 160 valence electrons. The van der Waals surface area contributed by atoms with Crippen molar-refractivity contribution in [3.05, 3.63) is 66.8 Å². The number of thiophene rings is 2. The van der Waals surface area contributed by atoms with Gasteiger partial charge < -0.3 is 14.6 Å². The van der Waals surface area contributed by atoms with Gasteiger partial charge in [0.15, 0.2) is 0 Å². The maximum absolute atomic E-state index is 12.8. The van der Waals surface area contributed by atoms with Crippen LogP contribution in [-0.4, -0.2) is 34.9 Å². The Kier molecular flexibility index (Phi) is 6.27. The summed E-state index contributed by atoms with van der Waals surface area (Å²) in [6.07, 6.45) is 0.0172. The van der Waals surface area contributed by atoms with Crippen LogP contribution in [-0.2, 0) is 17.8 Å². The number of aryl methyl sites for hydroxylation is 1. The highest BCUT2D eigenvalue weighted by Crippen LogP contribution is 2.35. The molecule has 0 bridgehead atoms. The molecule has 0 atom stereocenters. The quantitative estimate of drug-likeness (QED) is 0.390. The van der Waals surface area contributed by atoms with Crippen LogP contribution in [0.4, 0.5) is 0 Å². The Morgan fingerprint density at radius 2 is 2.10 bits per heavy atom. The topological polar surface area (TPSA) is 75.3 Å². The number of aromatic amines is 1. The lowest BCUT2D eigenvalue weighted by atomic mass is 10.2. The standard InChI is InChI=1S/C22H20BrN3O3S2/c1-12-4-7-17(31-12)15-11-30-22-20(15)21(28)24-18(25-22)9-19(27)26(2)10-13-8-14(23)5-6-16(13)29-3/h4-8,11H,9-10H2,1-3H3,(H,24,25,28). The zero-order valence-corrected chi connectivity index (χ0v) is 20.4. The Hall–Kier alpha value is -2.49. The number of nitrogens with zero attached hydrogens (tertiary/aromatic N) is 2. The molecule has 0 saturated carbocycles. The van der Waals surface area contributed by atoms with Gasteiger partial charge >= 0.3 is 0 Å². The molecule has 0 aliphatic heterocycles. The molecule has 3 heterocycles. The van der Waals surface area contributed by atoms with E-state index in [0.717, 1.165) is 20.5 Å². The van der Waals surface area contributed by atoms with Crippen LogP contribution >= 0.6 is 38.6 Å². The molecule has 1 amide bonds. The fourth-order valence-corrected chi connectivity index (χ4v) is 5.66. The summed E-state index contributed by atoms with van der Waals surface area (Å²) in [6.45, 7) is 2.42. The van der Waals surface area contributed by atoms with E-state index in [4.69, 9.17) is 4.74 Å². The Morgan fingerprint density at radius 3 is 2.81 bits per heavy atom. The number of aromatic nitrogens is 2. The number of ether oxygens (including phenoxy) is 1. The van der Waals surface area contributed by atoms with E-state index in [1.807, 2.05) is 42.6 Å². The molecule has 0 spiro atoms. The van der Waals surface area contributed by atoms with Crippen LogP contribution in [0.1, 0.15) is 16.3 Å². The summed E-state index contributed by atoms with van der Waals surface area (Å²) in [4.78, 5) is 37.4. The smallest absolute Gasteiger partial charge is 0.260 e. The summed E-state index contributed by atoms with van der Waals surface area (Å²) in [5.74, 6) is 0.937. The van der Waals surface area contributed by atoms with Gasteiger partial charge in [-0.05, 0) is 37.3 Å². The van der Waals surface area contributed by atoms with E-state index in [9.17, 15) is 9.59 Å². The minimum atomic E-state index is -0.216. The van der Waals surface area contributed by atoms with E-state index >= 15 is 0 Å². The van der Waals surface area contributed by atoms with Gasteiger partial charge in [0.25, 0.3) is 5.56 Å². The number of hydrogen-bond donors (Lipinski definition) is 1. The van der Waals surface area contributed by atoms with Crippen LogP contribution in [0, 0.1) is 6.92 Å². The second kappa shape index (κ2) is 8.94. The fraction of sp³-hybridized carbons (Fsp3) is 0.227. The summed E-state index contributed by atoms with van der Waals surface area (Å²) in [7, 11) is 3.33. The van der Waals surface area contributed by atoms with Crippen molar-refractivity contribution in [1.82, 2.24) is 14.9 Å². The summed E-state index contributed by atoms with van der Waals surface area (Å²) in [5.41, 5.74) is 1.56. The molecule has 0 aliphatic carbocycles. The van der Waals surface area contributed by atoms with E-state index < -0.39 is 0 Å². The second-order valence-electron chi connectivity index (χ2n) is 7.14. The molecule has 4 aromatic rings. The number of rotatable bonds is 6. The molecular weight excluding hydrogens is 498 g/mol. The third-order valence-electron chi connectivity index (χ3n) is 4.89. The van der Waals surface area contributed by atoms with E-state index in [1.54, 1.807) is 30.4 Å². The lowest BCUT2D eigenvalue weighted by Crippen LogP contribution is -2.29. The highest BCUT2D eigenvalue weighted by molar-refractivity contribution is 9.10.